The number of hydrogen-bond donors (Lipinski definition) is 2. The zero-order valence-corrected chi connectivity index (χ0v) is 20.1. The topological polar surface area (TPSA) is 76.0 Å². The van der Waals surface area contributed by atoms with Crippen LogP contribution in [0.15, 0.2) is 72.8 Å². The standard InChI is InChI=1S/C27H24ClFN4O2/c1-17-6-8-19(9-7-17)16-33-25(28)24(18(2)32-33)27(35)30-15-20-4-3-5-23(14-20)31-26(34)21-10-12-22(29)13-11-21/h3-14H,15-16H2,1-2H3,(H,30,35)(H,31,34). The fraction of sp³-hybridized carbons (Fsp3) is 0.148. The summed E-state index contributed by atoms with van der Waals surface area (Å²) in [5, 5.41) is 10.4. The van der Waals surface area contributed by atoms with Crippen molar-refractivity contribution in [3.8, 4) is 0 Å². The molecular formula is C27H24ClFN4O2. The van der Waals surface area contributed by atoms with Crippen LogP contribution in [0.2, 0.25) is 5.15 Å². The highest BCUT2D eigenvalue weighted by atomic mass is 35.5. The Bertz CT molecular complexity index is 1370. The van der Waals surface area contributed by atoms with Crippen LogP contribution in [-0.2, 0) is 13.1 Å². The number of aryl methyl sites for hydroxylation is 2. The highest BCUT2D eigenvalue weighted by Gasteiger charge is 2.20. The fourth-order valence-electron chi connectivity index (χ4n) is 3.62. The molecule has 8 heteroatoms. The Morgan fingerprint density at radius 3 is 2.37 bits per heavy atom. The van der Waals surface area contributed by atoms with E-state index in [2.05, 4.69) is 15.7 Å². The minimum atomic E-state index is -0.407. The number of amides is 2. The van der Waals surface area contributed by atoms with Gasteiger partial charge in [-0.1, -0.05) is 53.6 Å². The van der Waals surface area contributed by atoms with Crippen LogP contribution < -0.4 is 10.6 Å². The van der Waals surface area contributed by atoms with Gasteiger partial charge in [-0.25, -0.2) is 9.07 Å². The van der Waals surface area contributed by atoms with Gasteiger partial charge in [0.25, 0.3) is 11.8 Å². The van der Waals surface area contributed by atoms with Gasteiger partial charge in [0.2, 0.25) is 0 Å². The fourth-order valence-corrected chi connectivity index (χ4v) is 3.94. The number of carbonyl (C=O) groups is 2. The van der Waals surface area contributed by atoms with Gasteiger partial charge in [-0.2, -0.15) is 5.10 Å². The van der Waals surface area contributed by atoms with Crippen LogP contribution in [0.5, 0.6) is 0 Å². The third kappa shape index (κ3) is 5.94. The van der Waals surface area contributed by atoms with Gasteiger partial charge in [-0.05, 0) is 61.4 Å². The molecule has 0 atom stereocenters. The first-order valence-corrected chi connectivity index (χ1v) is 11.4. The molecule has 178 valence electrons. The van der Waals surface area contributed by atoms with E-state index >= 15 is 0 Å². The van der Waals surface area contributed by atoms with Gasteiger partial charge < -0.3 is 10.6 Å². The van der Waals surface area contributed by atoms with Crippen LogP contribution in [-0.4, -0.2) is 21.6 Å². The van der Waals surface area contributed by atoms with Gasteiger partial charge in [0.1, 0.15) is 11.0 Å². The summed E-state index contributed by atoms with van der Waals surface area (Å²) in [5.41, 5.74) is 4.77. The molecule has 2 amide bonds. The van der Waals surface area contributed by atoms with Crippen LogP contribution in [0.3, 0.4) is 0 Å². The molecule has 2 N–H and O–H groups in total. The predicted octanol–water partition coefficient (Wildman–Crippen LogP) is 5.52. The minimum absolute atomic E-state index is 0.234. The van der Waals surface area contributed by atoms with E-state index in [0.29, 0.717) is 29.1 Å². The summed E-state index contributed by atoms with van der Waals surface area (Å²) in [6.45, 7) is 4.46. The van der Waals surface area contributed by atoms with E-state index in [0.717, 1.165) is 16.7 Å². The summed E-state index contributed by atoms with van der Waals surface area (Å²) in [5.74, 6) is -1.09. The van der Waals surface area contributed by atoms with Gasteiger partial charge >= 0.3 is 0 Å². The van der Waals surface area contributed by atoms with Crippen molar-refractivity contribution in [2.24, 2.45) is 0 Å². The summed E-state index contributed by atoms with van der Waals surface area (Å²) >= 11 is 6.51. The number of benzene rings is 3. The van der Waals surface area contributed by atoms with Crippen molar-refractivity contribution in [3.63, 3.8) is 0 Å². The lowest BCUT2D eigenvalue weighted by molar-refractivity contribution is 0.0949. The zero-order chi connectivity index (χ0) is 24.9. The lowest BCUT2D eigenvalue weighted by atomic mass is 10.1. The van der Waals surface area contributed by atoms with Gasteiger partial charge in [0, 0.05) is 17.8 Å². The maximum atomic E-state index is 13.1. The number of nitrogens with zero attached hydrogens (tertiary/aromatic N) is 2. The van der Waals surface area contributed by atoms with E-state index in [4.69, 9.17) is 11.6 Å². The first kappa shape index (κ1) is 24.2. The van der Waals surface area contributed by atoms with Crippen molar-refractivity contribution < 1.29 is 14.0 Å². The van der Waals surface area contributed by atoms with Crippen molar-refractivity contribution in [2.75, 3.05) is 5.32 Å². The number of nitrogens with one attached hydrogen (secondary N) is 2. The minimum Gasteiger partial charge on any atom is -0.348 e. The molecule has 0 spiro atoms. The van der Waals surface area contributed by atoms with Crippen LogP contribution in [0, 0.1) is 19.7 Å². The number of aromatic nitrogens is 2. The lowest BCUT2D eigenvalue weighted by Gasteiger charge is -2.09. The van der Waals surface area contributed by atoms with E-state index in [9.17, 15) is 14.0 Å². The normalized spacial score (nSPS) is 10.7. The maximum absolute atomic E-state index is 13.1. The number of carbonyl (C=O) groups excluding carboxylic acids is 2. The SMILES string of the molecule is Cc1ccc(Cn2nc(C)c(C(=O)NCc3cccc(NC(=O)c4ccc(F)cc4)c3)c2Cl)cc1. The summed E-state index contributed by atoms with van der Waals surface area (Å²) in [6, 6.07) is 20.5. The third-order valence-corrected chi connectivity index (χ3v) is 5.87. The molecule has 3 aromatic carbocycles. The molecule has 1 aromatic heterocycles. The van der Waals surface area contributed by atoms with Crippen molar-refractivity contribution in [1.29, 1.82) is 0 Å². The summed E-state index contributed by atoms with van der Waals surface area (Å²) in [7, 11) is 0. The van der Waals surface area contributed by atoms with E-state index in [1.807, 2.05) is 37.3 Å². The van der Waals surface area contributed by atoms with E-state index in [1.54, 1.807) is 29.8 Å². The molecule has 0 bridgehead atoms. The van der Waals surface area contributed by atoms with Crippen LogP contribution >= 0.6 is 11.6 Å². The Balaban J connectivity index is 1.40. The number of anilines is 1. The van der Waals surface area contributed by atoms with Crippen LogP contribution in [0.1, 0.15) is 43.1 Å². The lowest BCUT2D eigenvalue weighted by Crippen LogP contribution is -2.23. The number of halogens is 2. The molecule has 0 saturated heterocycles. The molecule has 0 aliphatic carbocycles. The Labute approximate surface area is 207 Å². The van der Waals surface area contributed by atoms with Crippen LogP contribution in [0.4, 0.5) is 10.1 Å². The largest absolute Gasteiger partial charge is 0.348 e. The molecule has 0 radical (unpaired) electrons. The van der Waals surface area contributed by atoms with Gasteiger partial charge in [-0.15, -0.1) is 0 Å². The quantitative estimate of drug-likeness (QED) is 0.358. The average Bonchev–Trinajstić information content (AvgIpc) is 3.12. The second kappa shape index (κ2) is 10.5. The second-order valence-electron chi connectivity index (χ2n) is 8.24. The van der Waals surface area contributed by atoms with Gasteiger partial charge in [0.15, 0.2) is 0 Å². The second-order valence-corrected chi connectivity index (χ2v) is 8.60. The maximum Gasteiger partial charge on any atom is 0.256 e. The Hall–Kier alpha value is -3.97. The highest BCUT2D eigenvalue weighted by molar-refractivity contribution is 6.33. The molecule has 0 saturated carbocycles. The van der Waals surface area contributed by atoms with Gasteiger partial charge in [0.05, 0.1) is 17.8 Å². The molecule has 35 heavy (non-hydrogen) atoms. The Morgan fingerprint density at radius 2 is 1.66 bits per heavy atom. The van der Waals surface area contributed by atoms with Crippen LogP contribution in [0.25, 0.3) is 0 Å². The monoisotopic (exact) mass is 490 g/mol. The third-order valence-electron chi connectivity index (χ3n) is 5.49. The summed E-state index contributed by atoms with van der Waals surface area (Å²) in [6.07, 6.45) is 0. The first-order chi connectivity index (χ1) is 16.8. The average molecular weight is 491 g/mol. The molecule has 0 fully saturated rings. The van der Waals surface area contributed by atoms with Crippen molar-refractivity contribution in [2.45, 2.75) is 26.9 Å². The molecule has 4 rings (SSSR count). The number of hydrogen-bond acceptors (Lipinski definition) is 3. The van der Waals surface area contributed by atoms with E-state index < -0.39 is 5.82 Å². The van der Waals surface area contributed by atoms with E-state index in [-0.39, 0.29) is 23.5 Å². The van der Waals surface area contributed by atoms with Crippen molar-refractivity contribution in [3.05, 3.63) is 117 Å². The summed E-state index contributed by atoms with van der Waals surface area (Å²) in [4.78, 5) is 25.3. The Morgan fingerprint density at radius 1 is 0.943 bits per heavy atom. The van der Waals surface area contributed by atoms with Crippen molar-refractivity contribution in [1.82, 2.24) is 15.1 Å². The van der Waals surface area contributed by atoms with Crippen molar-refractivity contribution >= 4 is 29.1 Å². The smallest absolute Gasteiger partial charge is 0.256 e. The molecule has 1 heterocycles. The van der Waals surface area contributed by atoms with Gasteiger partial charge in [-0.3, -0.25) is 9.59 Å². The highest BCUT2D eigenvalue weighted by Crippen LogP contribution is 2.21. The molecular weight excluding hydrogens is 467 g/mol. The number of rotatable bonds is 7. The molecule has 4 aromatic rings. The molecule has 0 unspecified atom stereocenters. The van der Waals surface area contributed by atoms with E-state index in [1.165, 1.54) is 24.3 Å². The predicted molar refractivity (Wildman–Crippen MR) is 134 cm³/mol. The Kier molecular flexibility index (Phi) is 7.27. The first-order valence-electron chi connectivity index (χ1n) is 11.0. The molecule has 0 aliphatic heterocycles. The molecule has 6 nitrogen and oxygen atoms in total. The summed E-state index contributed by atoms with van der Waals surface area (Å²) < 4.78 is 14.7. The molecule has 0 aliphatic rings. The zero-order valence-electron chi connectivity index (χ0n) is 19.3.